The van der Waals surface area contributed by atoms with Crippen LogP contribution in [0.5, 0.6) is 0 Å². The molecule has 0 saturated carbocycles. The molecule has 0 aromatic heterocycles. The molecule has 7 heteroatoms. The molecule has 5 nitrogen and oxygen atoms in total. The summed E-state index contributed by atoms with van der Waals surface area (Å²) < 4.78 is 0. The van der Waals surface area contributed by atoms with E-state index in [2.05, 4.69) is 10.6 Å². The van der Waals surface area contributed by atoms with Gasteiger partial charge in [0.2, 0.25) is 5.91 Å². The number of benzene rings is 2. The number of carbonyl (C=O) groups excluding carboxylic acids is 2. The van der Waals surface area contributed by atoms with Crippen LogP contribution in [0.25, 0.3) is 0 Å². The molecule has 0 aliphatic heterocycles. The summed E-state index contributed by atoms with van der Waals surface area (Å²) in [6.07, 6.45) is 0.645. The van der Waals surface area contributed by atoms with Gasteiger partial charge in [-0.05, 0) is 48.9 Å². The molecule has 0 saturated heterocycles. The Morgan fingerprint density at radius 1 is 1.07 bits per heavy atom. The van der Waals surface area contributed by atoms with Gasteiger partial charge >= 0.3 is 0 Å². The van der Waals surface area contributed by atoms with Crippen LogP contribution in [0.2, 0.25) is 10.0 Å². The van der Waals surface area contributed by atoms with Crippen molar-refractivity contribution in [2.75, 3.05) is 27.2 Å². The van der Waals surface area contributed by atoms with Crippen molar-refractivity contribution >= 4 is 35.0 Å². The fourth-order valence-electron chi connectivity index (χ4n) is 2.64. The molecule has 144 valence electrons. The van der Waals surface area contributed by atoms with E-state index in [0.717, 1.165) is 11.1 Å². The molecule has 0 bridgehead atoms. The largest absolute Gasteiger partial charge is 0.355 e. The van der Waals surface area contributed by atoms with Crippen molar-refractivity contribution in [1.82, 2.24) is 15.5 Å². The molecule has 0 heterocycles. The van der Waals surface area contributed by atoms with E-state index < -0.39 is 0 Å². The minimum absolute atomic E-state index is 0.0513. The summed E-state index contributed by atoms with van der Waals surface area (Å²) >= 11 is 12.0. The van der Waals surface area contributed by atoms with Gasteiger partial charge < -0.3 is 10.6 Å². The van der Waals surface area contributed by atoms with Gasteiger partial charge in [0.25, 0.3) is 5.91 Å². The molecule has 2 amide bonds. The zero-order valence-corrected chi connectivity index (χ0v) is 16.9. The van der Waals surface area contributed by atoms with Crippen LogP contribution in [0.15, 0.2) is 42.5 Å². The second kappa shape index (κ2) is 10.3. The number of hydrogen-bond acceptors (Lipinski definition) is 3. The van der Waals surface area contributed by atoms with Gasteiger partial charge in [-0.1, -0.05) is 41.4 Å². The van der Waals surface area contributed by atoms with Gasteiger partial charge in [0, 0.05) is 35.7 Å². The third kappa shape index (κ3) is 6.86. The van der Waals surface area contributed by atoms with Crippen LogP contribution in [-0.4, -0.2) is 43.9 Å². The van der Waals surface area contributed by atoms with Gasteiger partial charge in [0.15, 0.2) is 0 Å². The highest BCUT2D eigenvalue weighted by atomic mass is 35.5. The van der Waals surface area contributed by atoms with Gasteiger partial charge in [-0.3, -0.25) is 14.5 Å². The highest BCUT2D eigenvalue weighted by molar-refractivity contribution is 6.35. The smallest absolute Gasteiger partial charge is 0.251 e. The SMILES string of the molecule is CNC(=O)c1ccc(CN(C)CC(=O)NCCc2ccc(Cl)cc2Cl)cc1. The first-order valence-electron chi connectivity index (χ1n) is 8.59. The predicted octanol–water partition coefficient (Wildman–Crippen LogP) is 3.14. The first kappa shape index (κ1) is 21.2. The molecule has 0 atom stereocenters. The fraction of sp³-hybridized carbons (Fsp3) is 0.300. The Labute approximate surface area is 169 Å². The van der Waals surface area contributed by atoms with Gasteiger partial charge in [-0.25, -0.2) is 0 Å². The van der Waals surface area contributed by atoms with Crippen LogP contribution in [0, 0.1) is 0 Å². The van der Waals surface area contributed by atoms with Crippen molar-refractivity contribution in [1.29, 1.82) is 0 Å². The summed E-state index contributed by atoms with van der Waals surface area (Å²) in [4.78, 5) is 25.6. The van der Waals surface area contributed by atoms with E-state index in [1.807, 2.05) is 30.1 Å². The van der Waals surface area contributed by atoms with E-state index in [-0.39, 0.29) is 18.4 Å². The molecule has 2 rings (SSSR count). The number of rotatable bonds is 8. The lowest BCUT2D eigenvalue weighted by atomic mass is 10.1. The number of carbonyl (C=O) groups is 2. The minimum Gasteiger partial charge on any atom is -0.355 e. The van der Waals surface area contributed by atoms with Gasteiger partial charge in [-0.15, -0.1) is 0 Å². The van der Waals surface area contributed by atoms with Gasteiger partial charge in [-0.2, -0.15) is 0 Å². The monoisotopic (exact) mass is 407 g/mol. The molecule has 2 N–H and O–H groups in total. The van der Waals surface area contributed by atoms with E-state index in [0.29, 0.717) is 35.1 Å². The highest BCUT2D eigenvalue weighted by Gasteiger charge is 2.09. The molecule has 0 radical (unpaired) electrons. The summed E-state index contributed by atoms with van der Waals surface area (Å²) in [5.74, 6) is -0.167. The number of nitrogens with zero attached hydrogens (tertiary/aromatic N) is 1. The predicted molar refractivity (Wildman–Crippen MR) is 109 cm³/mol. The van der Waals surface area contributed by atoms with Gasteiger partial charge in [0.05, 0.1) is 6.54 Å². The number of nitrogens with one attached hydrogen (secondary N) is 2. The van der Waals surface area contributed by atoms with E-state index in [1.54, 1.807) is 31.3 Å². The van der Waals surface area contributed by atoms with Crippen LogP contribution in [0.4, 0.5) is 0 Å². The van der Waals surface area contributed by atoms with E-state index in [4.69, 9.17) is 23.2 Å². The molecule has 0 fully saturated rings. The maximum Gasteiger partial charge on any atom is 0.251 e. The van der Waals surface area contributed by atoms with Crippen LogP contribution in [0.3, 0.4) is 0 Å². The Balaban J connectivity index is 1.75. The number of amides is 2. The summed E-state index contributed by atoms with van der Waals surface area (Å²) in [5, 5.41) is 6.68. The van der Waals surface area contributed by atoms with Gasteiger partial charge in [0.1, 0.15) is 0 Å². The topological polar surface area (TPSA) is 61.4 Å². The molecule has 2 aromatic rings. The van der Waals surface area contributed by atoms with Crippen molar-refractivity contribution in [3.05, 3.63) is 69.2 Å². The Morgan fingerprint density at radius 3 is 2.41 bits per heavy atom. The second-order valence-electron chi connectivity index (χ2n) is 6.28. The maximum absolute atomic E-state index is 12.1. The second-order valence-corrected chi connectivity index (χ2v) is 7.13. The normalized spacial score (nSPS) is 10.7. The summed E-state index contributed by atoms with van der Waals surface area (Å²) in [6, 6.07) is 12.7. The van der Waals surface area contributed by atoms with Crippen molar-refractivity contribution < 1.29 is 9.59 Å². The average molecular weight is 408 g/mol. The van der Waals surface area contributed by atoms with Crippen molar-refractivity contribution in [3.8, 4) is 0 Å². The molecule has 0 spiro atoms. The third-order valence-corrected chi connectivity index (χ3v) is 4.63. The summed E-state index contributed by atoms with van der Waals surface area (Å²) in [6.45, 7) is 1.41. The Kier molecular flexibility index (Phi) is 8.10. The molecule has 0 aliphatic carbocycles. The van der Waals surface area contributed by atoms with Crippen LogP contribution < -0.4 is 10.6 Å². The van der Waals surface area contributed by atoms with Crippen LogP contribution in [0.1, 0.15) is 21.5 Å². The van der Waals surface area contributed by atoms with E-state index >= 15 is 0 Å². The zero-order chi connectivity index (χ0) is 19.8. The molecular formula is C20H23Cl2N3O2. The Morgan fingerprint density at radius 2 is 1.78 bits per heavy atom. The number of likely N-dealkylation sites (N-methyl/N-ethyl adjacent to an activating group) is 1. The number of hydrogen-bond donors (Lipinski definition) is 2. The van der Waals surface area contributed by atoms with Crippen molar-refractivity contribution in [3.63, 3.8) is 0 Å². The fourth-order valence-corrected chi connectivity index (χ4v) is 3.14. The maximum atomic E-state index is 12.1. The quantitative estimate of drug-likeness (QED) is 0.706. The lowest BCUT2D eigenvalue weighted by molar-refractivity contribution is -0.122. The molecule has 0 unspecified atom stereocenters. The molecule has 27 heavy (non-hydrogen) atoms. The Bertz CT molecular complexity index is 794. The van der Waals surface area contributed by atoms with E-state index in [1.165, 1.54) is 0 Å². The van der Waals surface area contributed by atoms with Crippen LogP contribution in [-0.2, 0) is 17.8 Å². The minimum atomic E-state index is -0.116. The Hall–Kier alpha value is -2.08. The summed E-state index contributed by atoms with van der Waals surface area (Å²) in [5.41, 5.74) is 2.60. The third-order valence-electron chi connectivity index (χ3n) is 4.04. The van der Waals surface area contributed by atoms with Crippen molar-refractivity contribution in [2.24, 2.45) is 0 Å². The standard InChI is InChI=1S/C20H23Cl2N3O2/c1-23-20(27)16-5-3-14(4-6-16)12-25(2)13-19(26)24-10-9-15-7-8-17(21)11-18(15)22/h3-8,11H,9-10,12-13H2,1-2H3,(H,23,27)(H,24,26). The van der Waals surface area contributed by atoms with E-state index in [9.17, 15) is 9.59 Å². The lowest BCUT2D eigenvalue weighted by Gasteiger charge is -2.16. The molecule has 0 aliphatic rings. The first-order chi connectivity index (χ1) is 12.9. The van der Waals surface area contributed by atoms with Crippen molar-refractivity contribution in [2.45, 2.75) is 13.0 Å². The zero-order valence-electron chi connectivity index (χ0n) is 15.4. The highest BCUT2D eigenvalue weighted by Crippen LogP contribution is 2.21. The number of halogens is 2. The average Bonchev–Trinajstić information content (AvgIpc) is 2.63. The summed E-state index contributed by atoms with van der Waals surface area (Å²) in [7, 11) is 3.48. The molecular weight excluding hydrogens is 385 g/mol. The lowest BCUT2D eigenvalue weighted by Crippen LogP contribution is -2.35. The van der Waals surface area contributed by atoms with Crippen LogP contribution >= 0.6 is 23.2 Å². The first-order valence-corrected chi connectivity index (χ1v) is 9.35. The molecule has 2 aromatic carbocycles.